The van der Waals surface area contributed by atoms with E-state index in [1.54, 1.807) is 0 Å². The summed E-state index contributed by atoms with van der Waals surface area (Å²) in [5.74, 6) is 0.165. The van der Waals surface area contributed by atoms with Gasteiger partial charge in [-0.25, -0.2) is 0 Å². The minimum Gasteiger partial charge on any atom is -0.352 e. The van der Waals surface area contributed by atoms with E-state index in [1.807, 2.05) is 12.1 Å². The summed E-state index contributed by atoms with van der Waals surface area (Å²) in [5, 5.41) is 3.98. The predicted octanol–water partition coefficient (Wildman–Crippen LogP) is 2.69. The van der Waals surface area contributed by atoms with Crippen LogP contribution < -0.4 is 5.32 Å². The van der Waals surface area contributed by atoms with E-state index in [0.29, 0.717) is 18.6 Å². The van der Waals surface area contributed by atoms with Gasteiger partial charge in [0.25, 0.3) is 0 Å². The van der Waals surface area contributed by atoms with Gasteiger partial charge in [-0.1, -0.05) is 30.7 Å². The number of piperidine rings is 1. The molecule has 0 radical (unpaired) electrons. The van der Waals surface area contributed by atoms with Gasteiger partial charge in [-0.3, -0.25) is 9.69 Å². The van der Waals surface area contributed by atoms with Crippen LogP contribution >= 0.6 is 11.6 Å². The summed E-state index contributed by atoms with van der Waals surface area (Å²) >= 11 is 5.95. The molecule has 0 saturated carbocycles. The number of nitrogens with zero attached hydrogens (tertiary/aromatic N) is 2. The normalized spacial score (nSPS) is 23.5. The zero-order valence-electron chi connectivity index (χ0n) is 13.8. The Morgan fingerprint density at radius 1 is 1.17 bits per heavy atom. The van der Waals surface area contributed by atoms with Crippen LogP contribution in [0.25, 0.3) is 0 Å². The number of halogens is 1. The fourth-order valence-corrected chi connectivity index (χ4v) is 3.67. The molecule has 4 nitrogen and oxygen atoms in total. The van der Waals surface area contributed by atoms with Crippen molar-refractivity contribution in [3.8, 4) is 0 Å². The SMILES string of the molecule is CCN1CCC(NC(=O)CN2CCC2c2ccc(Cl)cc2)CC1. The van der Waals surface area contributed by atoms with Crippen molar-refractivity contribution in [2.24, 2.45) is 0 Å². The molecule has 1 aromatic rings. The smallest absolute Gasteiger partial charge is 0.234 e. The van der Waals surface area contributed by atoms with Crippen LogP contribution in [0, 0.1) is 0 Å². The molecule has 2 heterocycles. The third-order valence-electron chi connectivity index (χ3n) is 5.13. The monoisotopic (exact) mass is 335 g/mol. The number of hydrogen-bond acceptors (Lipinski definition) is 3. The van der Waals surface area contributed by atoms with Gasteiger partial charge in [-0.15, -0.1) is 0 Å². The van der Waals surface area contributed by atoms with E-state index < -0.39 is 0 Å². The second-order valence-corrected chi connectivity index (χ2v) is 7.04. The largest absolute Gasteiger partial charge is 0.352 e. The summed E-state index contributed by atoms with van der Waals surface area (Å²) in [6.45, 7) is 6.99. The van der Waals surface area contributed by atoms with Gasteiger partial charge in [0.1, 0.15) is 0 Å². The first kappa shape index (κ1) is 16.7. The topological polar surface area (TPSA) is 35.6 Å². The second kappa shape index (κ2) is 7.65. The maximum atomic E-state index is 12.3. The molecule has 2 fully saturated rings. The third kappa shape index (κ3) is 4.25. The van der Waals surface area contributed by atoms with Crippen molar-refractivity contribution in [1.29, 1.82) is 0 Å². The van der Waals surface area contributed by atoms with Crippen LogP contribution in [0.2, 0.25) is 5.02 Å². The Labute approximate surface area is 143 Å². The van der Waals surface area contributed by atoms with Gasteiger partial charge < -0.3 is 10.2 Å². The molecule has 1 N–H and O–H groups in total. The Hall–Kier alpha value is -1.10. The molecule has 0 aromatic heterocycles. The Morgan fingerprint density at radius 3 is 2.43 bits per heavy atom. The quantitative estimate of drug-likeness (QED) is 0.898. The van der Waals surface area contributed by atoms with E-state index in [0.717, 1.165) is 50.5 Å². The summed E-state index contributed by atoms with van der Waals surface area (Å²) in [5.41, 5.74) is 1.25. The highest BCUT2D eigenvalue weighted by Crippen LogP contribution is 2.33. The number of carbonyl (C=O) groups excluding carboxylic acids is 1. The first-order valence-corrected chi connectivity index (χ1v) is 9.04. The summed E-state index contributed by atoms with van der Waals surface area (Å²) in [6, 6.07) is 8.69. The standard InChI is InChI=1S/C18H26ClN3O/c1-2-21-10-7-16(8-11-21)20-18(23)13-22-12-9-17(22)14-3-5-15(19)6-4-14/h3-6,16-17H,2,7-13H2,1H3,(H,20,23). The van der Waals surface area contributed by atoms with Crippen molar-refractivity contribution in [3.63, 3.8) is 0 Å². The predicted molar refractivity (Wildman–Crippen MR) is 93.7 cm³/mol. The van der Waals surface area contributed by atoms with Gasteiger partial charge in [-0.2, -0.15) is 0 Å². The van der Waals surface area contributed by atoms with Gasteiger partial charge >= 0.3 is 0 Å². The Kier molecular flexibility index (Phi) is 5.57. The fraction of sp³-hybridized carbons (Fsp3) is 0.611. The lowest BCUT2D eigenvalue weighted by molar-refractivity contribution is -0.125. The zero-order chi connectivity index (χ0) is 16.2. The maximum absolute atomic E-state index is 12.3. The summed E-state index contributed by atoms with van der Waals surface area (Å²) in [4.78, 5) is 17.0. The van der Waals surface area contributed by atoms with Crippen molar-refractivity contribution < 1.29 is 4.79 Å². The van der Waals surface area contributed by atoms with Crippen LogP contribution in [-0.2, 0) is 4.79 Å². The van der Waals surface area contributed by atoms with Crippen molar-refractivity contribution >= 4 is 17.5 Å². The van der Waals surface area contributed by atoms with Crippen LogP contribution in [0.3, 0.4) is 0 Å². The lowest BCUT2D eigenvalue weighted by atomic mass is 9.95. The molecule has 1 aromatic carbocycles. The van der Waals surface area contributed by atoms with Gasteiger partial charge in [-0.05, 0) is 43.5 Å². The second-order valence-electron chi connectivity index (χ2n) is 6.60. The Balaban J connectivity index is 1.46. The third-order valence-corrected chi connectivity index (χ3v) is 5.38. The number of benzene rings is 1. The molecule has 0 aliphatic carbocycles. The molecule has 1 unspecified atom stereocenters. The Morgan fingerprint density at radius 2 is 1.87 bits per heavy atom. The van der Waals surface area contributed by atoms with E-state index in [2.05, 4.69) is 34.2 Å². The van der Waals surface area contributed by atoms with Crippen molar-refractivity contribution in [2.45, 2.75) is 38.3 Å². The molecule has 1 amide bonds. The molecule has 5 heteroatoms. The number of amides is 1. The van der Waals surface area contributed by atoms with Crippen LogP contribution in [-0.4, -0.2) is 54.5 Å². The van der Waals surface area contributed by atoms with Gasteiger partial charge in [0.2, 0.25) is 5.91 Å². The highest BCUT2D eigenvalue weighted by molar-refractivity contribution is 6.30. The fourth-order valence-electron chi connectivity index (χ4n) is 3.54. The maximum Gasteiger partial charge on any atom is 0.234 e. The molecular weight excluding hydrogens is 310 g/mol. The van der Waals surface area contributed by atoms with Gasteiger partial charge in [0, 0.05) is 36.7 Å². The Bertz CT molecular complexity index is 526. The number of likely N-dealkylation sites (tertiary alicyclic amines) is 2. The first-order valence-electron chi connectivity index (χ1n) is 8.67. The molecule has 2 saturated heterocycles. The number of carbonyl (C=O) groups is 1. The summed E-state index contributed by atoms with van der Waals surface area (Å²) < 4.78 is 0. The van der Waals surface area contributed by atoms with Crippen molar-refractivity contribution in [3.05, 3.63) is 34.9 Å². The van der Waals surface area contributed by atoms with E-state index in [4.69, 9.17) is 11.6 Å². The van der Waals surface area contributed by atoms with Crippen LogP contribution in [0.15, 0.2) is 24.3 Å². The van der Waals surface area contributed by atoms with Gasteiger partial charge in [0.05, 0.1) is 6.54 Å². The van der Waals surface area contributed by atoms with E-state index in [-0.39, 0.29) is 5.91 Å². The molecule has 23 heavy (non-hydrogen) atoms. The molecular formula is C18H26ClN3O. The minimum atomic E-state index is 0.165. The molecule has 2 aliphatic rings. The summed E-state index contributed by atoms with van der Waals surface area (Å²) in [7, 11) is 0. The highest BCUT2D eigenvalue weighted by atomic mass is 35.5. The average molecular weight is 336 g/mol. The van der Waals surface area contributed by atoms with E-state index in [1.165, 1.54) is 5.56 Å². The lowest BCUT2D eigenvalue weighted by Gasteiger charge is -2.41. The lowest BCUT2D eigenvalue weighted by Crippen LogP contribution is -2.50. The number of hydrogen-bond donors (Lipinski definition) is 1. The first-order chi connectivity index (χ1) is 11.2. The van der Waals surface area contributed by atoms with E-state index in [9.17, 15) is 4.79 Å². The molecule has 0 spiro atoms. The molecule has 2 aliphatic heterocycles. The van der Waals surface area contributed by atoms with Gasteiger partial charge in [0.15, 0.2) is 0 Å². The molecule has 3 rings (SSSR count). The molecule has 0 bridgehead atoms. The number of nitrogens with one attached hydrogen (secondary N) is 1. The molecule has 126 valence electrons. The molecule has 1 atom stereocenters. The average Bonchev–Trinajstić information content (AvgIpc) is 2.54. The minimum absolute atomic E-state index is 0.165. The van der Waals surface area contributed by atoms with Crippen molar-refractivity contribution in [1.82, 2.24) is 15.1 Å². The highest BCUT2D eigenvalue weighted by Gasteiger charge is 2.31. The van der Waals surface area contributed by atoms with Crippen LogP contribution in [0.4, 0.5) is 0 Å². The zero-order valence-corrected chi connectivity index (χ0v) is 14.6. The van der Waals surface area contributed by atoms with Crippen LogP contribution in [0.1, 0.15) is 37.8 Å². The van der Waals surface area contributed by atoms with Crippen LogP contribution in [0.5, 0.6) is 0 Å². The summed E-state index contributed by atoms with van der Waals surface area (Å²) in [6.07, 6.45) is 3.25. The van der Waals surface area contributed by atoms with E-state index >= 15 is 0 Å². The number of rotatable bonds is 5. The van der Waals surface area contributed by atoms with Crippen molar-refractivity contribution in [2.75, 3.05) is 32.7 Å².